The molecule has 0 radical (unpaired) electrons. The third kappa shape index (κ3) is 5.03. The number of thiophene rings is 1. The first-order chi connectivity index (χ1) is 13.8. The Kier molecular flexibility index (Phi) is 7.05. The van der Waals surface area contributed by atoms with Crippen molar-refractivity contribution in [1.29, 1.82) is 0 Å². The summed E-state index contributed by atoms with van der Waals surface area (Å²) >= 11 is 1.80. The fourth-order valence-corrected chi connectivity index (χ4v) is 6.08. The van der Waals surface area contributed by atoms with E-state index >= 15 is 0 Å². The molecule has 0 saturated carbocycles. The lowest BCUT2D eigenvalue weighted by Gasteiger charge is -2.40. The first-order valence-electron chi connectivity index (χ1n) is 9.89. The molecule has 0 saturated heterocycles. The van der Waals surface area contributed by atoms with Crippen LogP contribution in [0.4, 0.5) is 5.69 Å². The van der Waals surface area contributed by atoms with Crippen molar-refractivity contribution in [2.24, 2.45) is 0 Å². The van der Waals surface area contributed by atoms with Crippen LogP contribution < -0.4 is 4.72 Å². The summed E-state index contributed by atoms with van der Waals surface area (Å²) in [6.45, 7) is 5.59. The van der Waals surface area contributed by atoms with Gasteiger partial charge < -0.3 is 0 Å². The lowest BCUT2D eigenvalue weighted by molar-refractivity contribution is -0.384. The van der Waals surface area contributed by atoms with Crippen molar-refractivity contribution in [3.05, 3.63) is 56.3 Å². The van der Waals surface area contributed by atoms with Crippen LogP contribution in [0.25, 0.3) is 0 Å². The molecular weight excluding hydrogens is 410 g/mol. The summed E-state index contributed by atoms with van der Waals surface area (Å²) in [6.07, 6.45) is 4.03. The number of hydrogen-bond donors (Lipinski definition) is 1. The maximum absolute atomic E-state index is 12.4. The summed E-state index contributed by atoms with van der Waals surface area (Å²) in [5, 5.41) is 12.9. The Morgan fingerprint density at radius 1 is 1.28 bits per heavy atom. The highest BCUT2D eigenvalue weighted by atomic mass is 32.2. The molecule has 7 nitrogen and oxygen atoms in total. The second-order valence-corrected chi connectivity index (χ2v) is 10.1. The van der Waals surface area contributed by atoms with Crippen molar-refractivity contribution < 1.29 is 13.3 Å². The second kappa shape index (κ2) is 9.34. The van der Waals surface area contributed by atoms with Crippen LogP contribution in [0.15, 0.2) is 40.6 Å². The molecule has 1 N–H and O–H groups in total. The average molecular weight is 438 g/mol. The van der Waals surface area contributed by atoms with E-state index < -0.39 is 14.9 Å². The lowest BCUT2D eigenvalue weighted by Crippen LogP contribution is -2.43. The molecule has 1 aliphatic heterocycles. The van der Waals surface area contributed by atoms with Crippen LogP contribution in [0, 0.1) is 10.1 Å². The minimum atomic E-state index is -3.67. The first kappa shape index (κ1) is 21.9. The Hall–Kier alpha value is -1.81. The van der Waals surface area contributed by atoms with Crippen molar-refractivity contribution in [3.8, 4) is 0 Å². The van der Waals surface area contributed by atoms with Gasteiger partial charge in [0.05, 0.1) is 9.82 Å². The Balaban J connectivity index is 1.58. The molecule has 158 valence electrons. The number of nitro groups is 1. The third-order valence-corrected chi connectivity index (χ3v) is 8.05. The molecule has 1 aromatic heterocycles. The summed E-state index contributed by atoms with van der Waals surface area (Å²) in [4.78, 5) is 14.1. The molecular formula is C20H27N3O4S2. The number of sulfonamides is 1. The minimum Gasteiger partial charge on any atom is -0.292 e. The molecule has 1 aromatic carbocycles. The number of nitrogens with zero attached hydrogens (tertiary/aromatic N) is 2. The maximum Gasteiger partial charge on any atom is 0.269 e. The second-order valence-electron chi connectivity index (χ2n) is 7.37. The highest BCUT2D eigenvalue weighted by Gasteiger charge is 2.31. The molecule has 1 aliphatic rings. The molecule has 0 amide bonds. The maximum atomic E-state index is 12.4. The monoisotopic (exact) mass is 437 g/mol. The van der Waals surface area contributed by atoms with E-state index in [9.17, 15) is 18.5 Å². The Morgan fingerprint density at radius 3 is 2.66 bits per heavy atom. The summed E-state index contributed by atoms with van der Waals surface area (Å²) in [5.41, 5.74) is 1.33. The van der Waals surface area contributed by atoms with Gasteiger partial charge in [0.1, 0.15) is 0 Å². The zero-order chi connectivity index (χ0) is 21.0. The molecule has 2 atom stereocenters. The fourth-order valence-electron chi connectivity index (χ4n) is 4.00. The molecule has 0 aliphatic carbocycles. The largest absolute Gasteiger partial charge is 0.292 e. The van der Waals surface area contributed by atoms with Crippen molar-refractivity contribution in [1.82, 2.24) is 9.62 Å². The van der Waals surface area contributed by atoms with Gasteiger partial charge in [-0.05, 0) is 55.3 Å². The molecule has 2 heterocycles. The molecule has 0 bridgehead atoms. The topological polar surface area (TPSA) is 92.6 Å². The van der Waals surface area contributed by atoms with Crippen molar-refractivity contribution in [3.63, 3.8) is 0 Å². The van der Waals surface area contributed by atoms with Crippen LogP contribution in [0.2, 0.25) is 0 Å². The van der Waals surface area contributed by atoms with E-state index in [4.69, 9.17) is 0 Å². The van der Waals surface area contributed by atoms with Crippen LogP contribution >= 0.6 is 11.3 Å². The molecule has 3 rings (SSSR count). The Morgan fingerprint density at radius 2 is 2.00 bits per heavy atom. The van der Waals surface area contributed by atoms with Gasteiger partial charge in [-0.15, -0.1) is 11.3 Å². The predicted octanol–water partition coefficient (Wildman–Crippen LogP) is 4.11. The van der Waals surface area contributed by atoms with Crippen LogP contribution in [0.3, 0.4) is 0 Å². The van der Waals surface area contributed by atoms with Gasteiger partial charge >= 0.3 is 0 Å². The van der Waals surface area contributed by atoms with Crippen molar-refractivity contribution in [2.45, 2.75) is 56.5 Å². The number of non-ortho nitro benzene ring substituents is 1. The van der Waals surface area contributed by atoms with Crippen LogP contribution in [0.5, 0.6) is 0 Å². The Bertz CT molecular complexity index is 941. The number of fused-ring (bicyclic) bond motifs is 1. The van der Waals surface area contributed by atoms with Gasteiger partial charge in [0, 0.05) is 42.2 Å². The predicted molar refractivity (Wildman–Crippen MR) is 115 cm³/mol. The highest BCUT2D eigenvalue weighted by molar-refractivity contribution is 7.89. The number of hydrogen-bond acceptors (Lipinski definition) is 6. The van der Waals surface area contributed by atoms with Gasteiger partial charge in [-0.25, -0.2) is 13.1 Å². The van der Waals surface area contributed by atoms with Crippen molar-refractivity contribution in [2.75, 3.05) is 13.1 Å². The average Bonchev–Trinajstić information content (AvgIpc) is 3.16. The summed E-state index contributed by atoms with van der Waals surface area (Å²) < 4.78 is 27.5. The highest BCUT2D eigenvalue weighted by Crippen LogP contribution is 2.37. The van der Waals surface area contributed by atoms with Gasteiger partial charge in [0.25, 0.3) is 5.69 Å². The van der Waals surface area contributed by atoms with Gasteiger partial charge in [-0.3, -0.25) is 15.0 Å². The number of nitrogens with one attached hydrogen (secondary N) is 1. The van der Waals surface area contributed by atoms with E-state index in [1.54, 1.807) is 11.3 Å². The van der Waals surface area contributed by atoms with Crippen molar-refractivity contribution >= 4 is 27.0 Å². The molecule has 29 heavy (non-hydrogen) atoms. The van der Waals surface area contributed by atoms with E-state index in [1.807, 2.05) is 0 Å². The number of rotatable bonds is 9. The van der Waals surface area contributed by atoms with Gasteiger partial charge in [0.15, 0.2) is 0 Å². The zero-order valence-electron chi connectivity index (χ0n) is 16.7. The van der Waals surface area contributed by atoms with Gasteiger partial charge in [0.2, 0.25) is 10.0 Å². The summed E-state index contributed by atoms with van der Waals surface area (Å²) in [7, 11) is -3.67. The quantitative estimate of drug-likeness (QED) is 0.362. The SMILES string of the molecule is CCCC1Cc2ccsc2C(C)N1CCCNS(=O)(=O)c1ccc([N+](=O)[O-])cc1. The van der Waals surface area contributed by atoms with E-state index in [0.29, 0.717) is 25.0 Å². The smallest absolute Gasteiger partial charge is 0.269 e. The lowest BCUT2D eigenvalue weighted by atomic mass is 9.92. The normalized spacial score (nSPS) is 19.8. The summed E-state index contributed by atoms with van der Waals surface area (Å²) in [5.74, 6) is 0. The molecule has 9 heteroatoms. The summed E-state index contributed by atoms with van der Waals surface area (Å²) in [6, 6.07) is 8.01. The van der Waals surface area contributed by atoms with E-state index in [1.165, 1.54) is 34.7 Å². The van der Waals surface area contributed by atoms with Crippen LogP contribution in [-0.2, 0) is 16.4 Å². The van der Waals surface area contributed by atoms with Crippen LogP contribution in [0.1, 0.15) is 49.6 Å². The van der Waals surface area contributed by atoms with Gasteiger partial charge in [-0.2, -0.15) is 0 Å². The molecule has 0 spiro atoms. The molecule has 0 fully saturated rings. The Labute approximate surface area is 175 Å². The van der Waals surface area contributed by atoms with E-state index in [-0.39, 0.29) is 10.6 Å². The minimum absolute atomic E-state index is 0.0431. The fraction of sp³-hybridized carbons (Fsp3) is 0.500. The third-order valence-electron chi connectivity index (χ3n) is 5.45. The standard InChI is InChI=1S/C20H27N3O4S2/c1-3-5-18-14-16-10-13-28-20(16)15(2)22(18)12-4-11-21-29(26,27)19-8-6-17(7-9-19)23(24)25/h6-10,13,15,18,21H,3-5,11-12,14H2,1-2H3. The first-order valence-corrected chi connectivity index (χ1v) is 12.3. The zero-order valence-corrected chi connectivity index (χ0v) is 18.3. The van der Waals surface area contributed by atoms with Gasteiger partial charge in [-0.1, -0.05) is 13.3 Å². The number of benzene rings is 1. The molecule has 2 aromatic rings. The molecule has 2 unspecified atom stereocenters. The van der Waals surface area contributed by atoms with E-state index in [0.717, 1.165) is 25.8 Å². The van der Waals surface area contributed by atoms with Crippen LogP contribution in [-0.4, -0.2) is 37.4 Å². The van der Waals surface area contributed by atoms with E-state index in [2.05, 4.69) is 34.9 Å². The number of nitro benzene ring substituents is 1.